The Kier molecular flexibility index (Phi) is 5.11. The van der Waals surface area contributed by atoms with Gasteiger partial charge in [0.15, 0.2) is 0 Å². The van der Waals surface area contributed by atoms with E-state index in [9.17, 15) is 5.11 Å². The van der Waals surface area contributed by atoms with Gasteiger partial charge in [-0.2, -0.15) is 0 Å². The van der Waals surface area contributed by atoms with Crippen LogP contribution in [0.15, 0.2) is 91.0 Å². The van der Waals surface area contributed by atoms with Crippen LogP contribution in [0.1, 0.15) is 42.1 Å². The van der Waals surface area contributed by atoms with Gasteiger partial charge in [0.2, 0.25) is 0 Å². The van der Waals surface area contributed by atoms with E-state index in [4.69, 9.17) is 0 Å². The number of hydrogen-bond acceptors (Lipinski definition) is 2. The number of aliphatic hydroxyl groups is 1. The molecule has 27 heavy (non-hydrogen) atoms. The maximum absolute atomic E-state index is 11.8. The molecule has 1 fully saturated rings. The highest BCUT2D eigenvalue weighted by Crippen LogP contribution is 2.44. The Hall–Kier alpha value is -2.42. The molecule has 4 rings (SSSR count). The minimum Gasteiger partial charge on any atom is -0.389 e. The van der Waals surface area contributed by atoms with Crippen LogP contribution >= 0.6 is 0 Å². The minimum atomic E-state index is -0.770. The monoisotopic (exact) mass is 357 g/mol. The summed E-state index contributed by atoms with van der Waals surface area (Å²) in [7, 11) is 0. The van der Waals surface area contributed by atoms with E-state index in [1.165, 1.54) is 16.7 Å². The molecule has 0 saturated carbocycles. The average molecular weight is 357 g/mol. The van der Waals surface area contributed by atoms with Crippen molar-refractivity contribution in [2.75, 3.05) is 0 Å². The average Bonchev–Trinajstić information content (AvgIpc) is 2.72. The quantitative estimate of drug-likeness (QED) is 0.683. The summed E-state index contributed by atoms with van der Waals surface area (Å²) in [5, 5.41) is 15.6. The highest BCUT2D eigenvalue weighted by molar-refractivity contribution is 5.28. The lowest BCUT2D eigenvalue weighted by Crippen LogP contribution is -2.53. The molecular weight excluding hydrogens is 330 g/mol. The Morgan fingerprint density at radius 1 is 0.815 bits per heavy atom. The molecular formula is C25H27NO. The van der Waals surface area contributed by atoms with Gasteiger partial charge in [0, 0.05) is 24.4 Å². The van der Waals surface area contributed by atoms with Crippen molar-refractivity contribution in [2.24, 2.45) is 5.92 Å². The smallest absolute Gasteiger partial charge is 0.0749 e. The zero-order valence-corrected chi connectivity index (χ0v) is 15.8. The van der Waals surface area contributed by atoms with Crippen LogP contribution in [0.2, 0.25) is 0 Å². The van der Waals surface area contributed by atoms with Crippen molar-refractivity contribution >= 4 is 0 Å². The Bertz CT molecular complexity index is 849. The van der Waals surface area contributed by atoms with Gasteiger partial charge in [-0.3, -0.25) is 0 Å². The molecule has 1 aliphatic rings. The molecule has 1 saturated heterocycles. The number of nitrogens with one attached hydrogen (secondary N) is 1. The van der Waals surface area contributed by atoms with E-state index in [0.717, 1.165) is 0 Å². The number of piperidine rings is 1. The molecule has 0 unspecified atom stereocenters. The largest absolute Gasteiger partial charge is 0.389 e. The summed E-state index contributed by atoms with van der Waals surface area (Å²) >= 11 is 0. The summed E-state index contributed by atoms with van der Waals surface area (Å²) in [6.45, 7) is 2.18. The summed E-state index contributed by atoms with van der Waals surface area (Å²) in [5.41, 5.74) is 2.88. The zero-order chi connectivity index (χ0) is 18.7. The SMILES string of the molecule is C[C@@H]1[C@H](c2ccccc2)N[C@@H](c2ccccc2)C[C@]1(O)Cc1ccccc1. The van der Waals surface area contributed by atoms with Crippen LogP contribution in [0.3, 0.4) is 0 Å². The molecule has 0 bridgehead atoms. The third-order valence-electron chi connectivity index (χ3n) is 6.00. The van der Waals surface area contributed by atoms with E-state index in [1.54, 1.807) is 0 Å². The van der Waals surface area contributed by atoms with Crippen LogP contribution in [0, 0.1) is 5.92 Å². The molecule has 1 aliphatic heterocycles. The maximum Gasteiger partial charge on any atom is 0.0749 e. The Labute approximate surface area is 161 Å². The van der Waals surface area contributed by atoms with Gasteiger partial charge < -0.3 is 10.4 Å². The Morgan fingerprint density at radius 2 is 1.33 bits per heavy atom. The van der Waals surface area contributed by atoms with Crippen LogP contribution < -0.4 is 5.32 Å². The third kappa shape index (κ3) is 3.83. The molecule has 0 aromatic heterocycles. The van der Waals surface area contributed by atoms with Gasteiger partial charge in [0.1, 0.15) is 0 Å². The molecule has 2 heteroatoms. The molecule has 2 N–H and O–H groups in total. The van der Waals surface area contributed by atoms with E-state index in [1.807, 2.05) is 30.3 Å². The summed E-state index contributed by atoms with van der Waals surface area (Å²) in [5.74, 6) is 0.0973. The van der Waals surface area contributed by atoms with Gasteiger partial charge in [-0.15, -0.1) is 0 Å². The molecule has 3 aromatic carbocycles. The summed E-state index contributed by atoms with van der Waals surface area (Å²) in [4.78, 5) is 0. The van der Waals surface area contributed by atoms with Crippen molar-refractivity contribution in [1.29, 1.82) is 0 Å². The molecule has 3 aromatic rings. The lowest BCUT2D eigenvalue weighted by Gasteiger charge is -2.48. The third-order valence-corrected chi connectivity index (χ3v) is 6.00. The first kappa shape index (κ1) is 18.0. The number of rotatable bonds is 4. The molecule has 0 aliphatic carbocycles. The molecule has 0 radical (unpaired) electrons. The highest BCUT2D eigenvalue weighted by Gasteiger charge is 2.45. The fourth-order valence-corrected chi connectivity index (χ4v) is 4.40. The number of hydrogen-bond donors (Lipinski definition) is 2. The van der Waals surface area contributed by atoms with Gasteiger partial charge >= 0.3 is 0 Å². The van der Waals surface area contributed by atoms with Gasteiger partial charge in [0.25, 0.3) is 0 Å². The standard InChI is InChI=1S/C25H27NO/c1-19-24(22-15-9-4-10-16-22)26-23(21-13-7-3-8-14-21)18-25(19,27)17-20-11-5-2-6-12-20/h2-16,19,23-24,26-27H,17-18H2,1H3/t19-,23-,24-,25-/m1/s1. The first-order chi connectivity index (χ1) is 13.2. The van der Waals surface area contributed by atoms with Crippen LogP contribution in [-0.2, 0) is 6.42 Å². The fraction of sp³-hybridized carbons (Fsp3) is 0.280. The maximum atomic E-state index is 11.8. The van der Waals surface area contributed by atoms with Crippen molar-refractivity contribution in [3.8, 4) is 0 Å². The second kappa shape index (κ2) is 7.67. The second-order valence-electron chi connectivity index (χ2n) is 7.78. The van der Waals surface area contributed by atoms with Crippen LogP contribution in [0.5, 0.6) is 0 Å². The zero-order valence-electron chi connectivity index (χ0n) is 15.8. The summed E-state index contributed by atoms with van der Waals surface area (Å²) in [6.07, 6.45) is 1.37. The van der Waals surface area contributed by atoms with E-state index < -0.39 is 5.60 Å². The van der Waals surface area contributed by atoms with Crippen LogP contribution in [0.25, 0.3) is 0 Å². The lowest BCUT2D eigenvalue weighted by atomic mass is 9.69. The normalized spacial score (nSPS) is 28.0. The van der Waals surface area contributed by atoms with E-state index in [0.29, 0.717) is 12.8 Å². The summed E-state index contributed by atoms with van der Waals surface area (Å²) in [6, 6.07) is 31.6. The van der Waals surface area contributed by atoms with Crippen LogP contribution in [-0.4, -0.2) is 10.7 Å². The van der Waals surface area contributed by atoms with Crippen molar-refractivity contribution in [1.82, 2.24) is 5.32 Å². The fourth-order valence-electron chi connectivity index (χ4n) is 4.40. The van der Waals surface area contributed by atoms with Gasteiger partial charge in [-0.1, -0.05) is 97.9 Å². The Balaban J connectivity index is 1.70. The molecule has 0 spiro atoms. The topological polar surface area (TPSA) is 32.3 Å². The molecule has 138 valence electrons. The summed E-state index contributed by atoms with van der Waals surface area (Å²) < 4.78 is 0. The minimum absolute atomic E-state index is 0.0973. The highest BCUT2D eigenvalue weighted by atomic mass is 16.3. The van der Waals surface area contributed by atoms with E-state index >= 15 is 0 Å². The van der Waals surface area contributed by atoms with E-state index in [2.05, 4.69) is 72.9 Å². The van der Waals surface area contributed by atoms with E-state index in [-0.39, 0.29) is 18.0 Å². The van der Waals surface area contributed by atoms with Crippen molar-refractivity contribution in [3.05, 3.63) is 108 Å². The number of benzene rings is 3. The van der Waals surface area contributed by atoms with Crippen molar-refractivity contribution in [3.63, 3.8) is 0 Å². The van der Waals surface area contributed by atoms with Crippen molar-refractivity contribution in [2.45, 2.75) is 37.5 Å². The van der Waals surface area contributed by atoms with Gasteiger partial charge in [0.05, 0.1) is 5.60 Å². The van der Waals surface area contributed by atoms with Crippen LogP contribution in [0.4, 0.5) is 0 Å². The lowest BCUT2D eigenvalue weighted by molar-refractivity contribution is -0.0674. The molecule has 1 heterocycles. The predicted molar refractivity (Wildman–Crippen MR) is 110 cm³/mol. The molecule has 4 atom stereocenters. The Morgan fingerprint density at radius 3 is 1.93 bits per heavy atom. The van der Waals surface area contributed by atoms with Crippen molar-refractivity contribution < 1.29 is 5.11 Å². The second-order valence-corrected chi connectivity index (χ2v) is 7.78. The first-order valence-corrected chi connectivity index (χ1v) is 9.78. The van der Waals surface area contributed by atoms with Gasteiger partial charge in [-0.05, 0) is 23.1 Å². The molecule has 0 amide bonds. The predicted octanol–water partition coefficient (Wildman–Crippen LogP) is 5.07. The molecule has 2 nitrogen and oxygen atoms in total. The van der Waals surface area contributed by atoms with Gasteiger partial charge in [-0.25, -0.2) is 0 Å². The first-order valence-electron chi connectivity index (χ1n) is 9.78.